The van der Waals surface area contributed by atoms with Gasteiger partial charge in [-0.25, -0.2) is 4.79 Å². The topological polar surface area (TPSA) is 174 Å². The van der Waals surface area contributed by atoms with Gasteiger partial charge in [-0.05, 0) is 61.1 Å². The lowest BCUT2D eigenvalue weighted by molar-refractivity contribution is -0.170. The molecule has 220 valence electrons. The zero-order valence-electron chi connectivity index (χ0n) is 22.6. The lowest BCUT2D eigenvalue weighted by atomic mass is 9.95. The van der Waals surface area contributed by atoms with Crippen molar-refractivity contribution in [3.8, 4) is 0 Å². The number of aryl methyl sites for hydroxylation is 1. The Bertz CT molecular complexity index is 1280. The maximum absolute atomic E-state index is 10.3. The van der Waals surface area contributed by atoms with Gasteiger partial charge in [-0.15, -0.1) is 0 Å². The number of aromatic nitrogens is 2. The second-order valence-electron chi connectivity index (χ2n) is 10.3. The Morgan fingerprint density at radius 3 is 2.07 bits per heavy atom. The third-order valence-corrected chi connectivity index (χ3v) is 7.20. The zero-order valence-corrected chi connectivity index (χ0v) is 23.4. The summed E-state index contributed by atoms with van der Waals surface area (Å²) >= 11 is 6.08. The second kappa shape index (κ2) is 14.7. The fourth-order valence-electron chi connectivity index (χ4n) is 5.06. The predicted molar refractivity (Wildman–Crippen MR) is 148 cm³/mol. The molecule has 1 aliphatic rings. The number of halogens is 1. The molecule has 0 unspecified atom stereocenters. The van der Waals surface area contributed by atoms with E-state index >= 15 is 0 Å². The monoisotopic (exact) mass is 587 g/mol. The van der Waals surface area contributed by atoms with Crippen LogP contribution in [0.2, 0.25) is 5.02 Å². The van der Waals surface area contributed by atoms with Crippen LogP contribution in [0.4, 0.5) is 0 Å². The van der Waals surface area contributed by atoms with Gasteiger partial charge in [0.2, 0.25) is 0 Å². The summed E-state index contributed by atoms with van der Waals surface area (Å²) in [6.07, 6.45) is 6.13. The molecule has 4 N–H and O–H groups in total. The van der Waals surface area contributed by atoms with E-state index in [9.17, 15) is 14.4 Å². The summed E-state index contributed by atoms with van der Waals surface area (Å²) in [5, 5.41) is 38.7. The number of carbonyl (C=O) groups is 3. The summed E-state index contributed by atoms with van der Waals surface area (Å²) in [6, 6.07) is 15.0. The van der Waals surface area contributed by atoms with Crippen molar-refractivity contribution in [2.75, 3.05) is 0 Å². The maximum Gasteiger partial charge on any atom is 0.336 e. The molecule has 0 spiro atoms. The molecule has 41 heavy (non-hydrogen) atoms. The number of pyridine rings is 1. The van der Waals surface area contributed by atoms with Crippen LogP contribution in [0, 0.1) is 12.8 Å². The molecule has 1 aromatic carbocycles. The van der Waals surface area contributed by atoms with Gasteiger partial charge in [-0.2, -0.15) is 0 Å². The van der Waals surface area contributed by atoms with E-state index < -0.39 is 36.4 Å². The normalized spacial score (nSPS) is 16.7. The Kier molecular flexibility index (Phi) is 11.4. The van der Waals surface area contributed by atoms with Gasteiger partial charge in [0, 0.05) is 49.0 Å². The largest absolute Gasteiger partial charge is 0.481 e. The first kappa shape index (κ1) is 31.7. The average Bonchev–Trinajstić information content (AvgIpc) is 3.53. The Hall–Kier alpha value is -3.80. The Morgan fingerprint density at radius 2 is 1.56 bits per heavy atom. The molecule has 0 saturated heterocycles. The van der Waals surface area contributed by atoms with Gasteiger partial charge in [0.05, 0.1) is 18.5 Å². The van der Waals surface area contributed by atoms with Crippen LogP contribution in [0.3, 0.4) is 0 Å². The summed E-state index contributed by atoms with van der Waals surface area (Å²) in [4.78, 5) is 37.3. The molecule has 0 aliphatic heterocycles. The molecular formula is C29H34ClN3O8. The third kappa shape index (κ3) is 9.96. The molecule has 1 saturated carbocycles. The quantitative estimate of drug-likeness (QED) is 0.239. The molecule has 12 heteroatoms. The molecule has 0 bridgehead atoms. The first-order valence-corrected chi connectivity index (χ1v) is 13.5. The highest BCUT2D eigenvalue weighted by Crippen LogP contribution is 2.34. The number of hydrogen-bond acceptors (Lipinski definition) is 8. The van der Waals surface area contributed by atoms with Crippen molar-refractivity contribution < 1.29 is 39.3 Å². The molecular weight excluding hydrogens is 554 g/mol. The first-order chi connectivity index (χ1) is 19.4. The molecule has 2 heterocycles. The highest BCUT2D eigenvalue weighted by molar-refractivity contribution is 6.30. The molecule has 0 amide bonds. The van der Waals surface area contributed by atoms with E-state index in [-0.39, 0.29) is 0 Å². The number of carboxylic acids is 3. The molecule has 4 rings (SSSR count). The Balaban J connectivity index is 0.000000302. The number of nitrogens with zero attached hydrogens (tertiary/aromatic N) is 3. The van der Waals surface area contributed by atoms with Crippen molar-refractivity contribution in [2.24, 2.45) is 5.92 Å². The lowest BCUT2D eigenvalue weighted by Crippen LogP contribution is -2.42. The minimum absolute atomic E-state index is 0.522. The van der Waals surface area contributed by atoms with Crippen LogP contribution in [0.1, 0.15) is 54.7 Å². The summed E-state index contributed by atoms with van der Waals surface area (Å²) < 4.78 is 5.51. The summed E-state index contributed by atoms with van der Waals surface area (Å²) in [6.45, 7) is 3.81. The molecule has 2 atom stereocenters. The predicted octanol–water partition coefficient (Wildman–Crippen LogP) is 4.20. The van der Waals surface area contributed by atoms with Crippen molar-refractivity contribution in [1.29, 1.82) is 0 Å². The van der Waals surface area contributed by atoms with E-state index in [1.54, 1.807) is 0 Å². The number of rotatable bonds is 12. The number of aliphatic carboxylic acids is 3. The molecule has 0 radical (unpaired) electrons. The van der Waals surface area contributed by atoms with Gasteiger partial charge in [0.1, 0.15) is 5.76 Å². The van der Waals surface area contributed by atoms with Crippen molar-refractivity contribution in [1.82, 2.24) is 15.0 Å². The molecule has 1 fully saturated rings. The minimum Gasteiger partial charge on any atom is -0.481 e. The van der Waals surface area contributed by atoms with Crippen molar-refractivity contribution in [3.05, 3.63) is 82.5 Å². The van der Waals surface area contributed by atoms with E-state index in [0.717, 1.165) is 36.0 Å². The lowest BCUT2D eigenvalue weighted by Gasteiger charge is -2.33. The summed E-state index contributed by atoms with van der Waals surface area (Å²) in [5.41, 5.74) is 0.807. The van der Waals surface area contributed by atoms with Gasteiger partial charge in [0.15, 0.2) is 5.60 Å². The number of hydrogen-bond donors (Lipinski definition) is 4. The van der Waals surface area contributed by atoms with Gasteiger partial charge in [-0.1, -0.05) is 35.3 Å². The van der Waals surface area contributed by atoms with Crippen molar-refractivity contribution in [3.63, 3.8) is 0 Å². The molecule has 11 nitrogen and oxygen atoms in total. The van der Waals surface area contributed by atoms with E-state index in [4.69, 9.17) is 36.6 Å². The van der Waals surface area contributed by atoms with Gasteiger partial charge < -0.3 is 24.9 Å². The Labute approximate surface area is 242 Å². The van der Waals surface area contributed by atoms with Crippen LogP contribution in [0.5, 0.6) is 0 Å². The summed E-state index contributed by atoms with van der Waals surface area (Å²) in [7, 11) is 0. The average molecular weight is 588 g/mol. The van der Waals surface area contributed by atoms with Crippen LogP contribution in [-0.4, -0.2) is 65.0 Å². The van der Waals surface area contributed by atoms with Crippen LogP contribution >= 0.6 is 11.6 Å². The van der Waals surface area contributed by atoms with E-state index in [1.807, 2.05) is 31.5 Å². The maximum atomic E-state index is 10.3. The van der Waals surface area contributed by atoms with E-state index in [2.05, 4.69) is 45.4 Å². The molecule has 1 aliphatic carbocycles. The first-order valence-electron chi connectivity index (χ1n) is 13.1. The summed E-state index contributed by atoms with van der Waals surface area (Å²) in [5.74, 6) is -3.43. The van der Waals surface area contributed by atoms with Gasteiger partial charge in [-0.3, -0.25) is 19.5 Å². The Morgan fingerprint density at radius 1 is 0.976 bits per heavy atom. The minimum atomic E-state index is -2.74. The highest BCUT2D eigenvalue weighted by Gasteiger charge is 2.40. The van der Waals surface area contributed by atoms with Crippen LogP contribution in [-0.2, 0) is 33.9 Å². The van der Waals surface area contributed by atoms with Crippen LogP contribution in [0.25, 0.3) is 0 Å². The third-order valence-electron chi connectivity index (χ3n) is 6.95. The second-order valence-corrected chi connectivity index (χ2v) is 10.7. The van der Waals surface area contributed by atoms with E-state index in [0.29, 0.717) is 12.0 Å². The molecule has 3 aromatic rings. The van der Waals surface area contributed by atoms with E-state index in [1.165, 1.54) is 30.4 Å². The van der Waals surface area contributed by atoms with Gasteiger partial charge in [0.25, 0.3) is 0 Å². The fraction of sp³-hybridized carbons (Fsp3) is 0.414. The zero-order chi connectivity index (χ0) is 30.0. The number of aliphatic hydroxyl groups is 1. The van der Waals surface area contributed by atoms with Crippen molar-refractivity contribution >= 4 is 29.5 Å². The standard InChI is InChI=1S/C23H26ClN3O.C6H8O7/c1-17-13-22(28-26-17)14-20-3-2-4-23(20)27(16-19-9-11-25-12-10-19)15-18-5-7-21(24)8-6-18;7-3(8)1-6(13,5(11)12)2-4(9)10/h5-13,20,23H,2-4,14-16H2,1H3;13H,1-2H2,(H,7,8)(H,9,10)(H,11,12)/t20-,23+;/m0./s1. The van der Waals surface area contributed by atoms with Crippen LogP contribution in [0.15, 0.2) is 59.4 Å². The number of benzene rings is 1. The van der Waals surface area contributed by atoms with Crippen LogP contribution < -0.4 is 0 Å². The SMILES string of the molecule is Cc1cc(C[C@@H]2CCC[C@H]2N(Cc2ccncc2)Cc2ccc(Cl)cc2)on1.O=C(O)CC(O)(CC(=O)O)C(=O)O. The van der Waals surface area contributed by atoms with Gasteiger partial charge >= 0.3 is 17.9 Å². The van der Waals surface area contributed by atoms with Crippen molar-refractivity contribution in [2.45, 2.75) is 70.2 Å². The fourth-order valence-corrected chi connectivity index (χ4v) is 5.18. The number of carboxylic acid groups (broad SMARTS) is 3. The molecule has 2 aromatic heterocycles. The smallest absolute Gasteiger partial charge is 0.336 e. The highest BCUT2D eigenvalue weighted by atomic mass is 35.5.